The number of nitrogens with one attached hydrogen (secondary N) is 2. The van der Waals surface area contributed by atoms with Gasteiger partial charge in [-0.25, -0.2) is 0 Å². The molecule has 0 aliphatic rings. The van der Waals surface area contributed by atoms with Gasteiger partial charge in [-0.05, 0) is 49.4 Å². The van der Waals surface area contributed by atoms with E-state index >= 15 is 0 Å². The lowest BCUT2D eigenvalue weighted by atomic mass is 10.1. The van der Waals surface area contributed by atoms with Crippen molar-refractivity contribution in [3.63, 3.8) is 0 Å². The van der Waals surface area contributed by atoms with Gasteiger partial charge in [0.15, 0.2) is 0 Å². The minimum atomic E-state index is -0.317. The quantitative estimate of drug-likeness (QED) is 0.664. The van der Waals surface area contributed by atoms with E-state index in [2.05, 4.69) is 15.5 Å². The number of carbonyl (C=O) groups excluding carboxylic acids is 1. The highest BCUT2D eigenvalue weighted by molar-refractivity contribution is 6.04. The summed E-state index contributed by atoms with van der Waals surface area (Å²) in [6.07, 6.45) is 0. The second kappa shape index (κ2) is 8.27. The largest absolute Gasteiger partial charge is 0.497 e. The van der Waals surface area contributed by atoms with Crippen LogP contribution < -0.4 is 19.5 Å². The zero-order valence-electron chi connectivity index (χ0n) is 15.4. The summed E-state index contributed by atoms with van der Waals surface area (Å²) in [5, 5.41) is 9.79. The molecule has 0 saturated carbocycles. The molecule has 0 unspecified atom stereocenters. The van der Waals surface area contributed by atoms with Crippen molar-refractivity contribution >= 4 is 11.6 Å². The maximum Gasteiger partial charge on any atom is 0.273 e. The monoisotopic (exact) mass is 367 g/mol. The van der Waals surface area contributed by atoms with Gasteiger partial charge < -0.3 is 19.5 Å². The molecule has 0 radical (unpaired) electrons. The third-order valence-electron chi connectivity index (χ3n) is 3.94. The lowest BCUT2D eigenvalue weighted by Gasteiger charge is -2.10. The fourth-order valence-electron chi connectivity index (χ4n) is 2.57. The van der Waals surface area contributed by atoms with Crippen LogP contribution in [0, 0.1) is 0 Å². The summed E-state index contributed by atoms with van der Waals surface area (Å²) >= 11 is 0. The van der Waals surface area contributed by atoms with Crippen LogP contribution in [-0.2, 0) is 0 Å². The van der Waals surface area contributed by atoms with Crippen molar-refractivity contribution in [3.8, 4) is 28.5 Å². The van der Waals surface area contributed by atoms with Crippen molar-refractivity contribution in [1.82, 2.24) is 10.2 Å². The van der Waals surface area contributed by atoms with Crippen LogP contribution in [0.5, 0.6) is 17.2 Å². The average Bonchev–Trinajstić information content (AvgIpc) is 3.19. The number of amides is 1. The Hall–Kier alpha value is -3.48. The lowest BCUT2D eigenvalue weighted by molar-refractivity contribution is 0.102. The molecule has 0 aliphatic carbocycles. The van der Waals surface area contributed by atoms with Crippen LogP contribution in [-0.4, -0.2) is 36.9 Å². The maximum atomic E-state index is 12.5. The lowest BCUT2D eigenvalue weighted by Crippen LogP contribution is -2.13. The summed E-state index contributed by atoms with van der Waals surface area (Å²) in [6.45, 7) is 2.55. The number of H-pyrrole nitrogens is 1. The van der Waals surface area contributed by atoms with E-state index in [0.717, 1.165) is 11.3 Å². The third kappa shape index (κ3) is 4.20. The fraction of sp³-hybridized carbons (Fsp3) is 0.200. The van der Waals surface area contributed by atoms with E-state index < -0.39 is 0 Å². The molecular weight excluding hydrogens is 346 g/mol. The number of aromatic nitrogens is 2. The van der Waals surface area contributed by atoms with Gasteiger partial charge in [0.05, 0.1) is 32.2 Å². The smallest absolute Gasteiger partial charge is 0.273 e. The summed E-state index contributed by atoms with van der Waals surface area (Å²) < 4.78 is 15.9. The van der Waals surface area contributed by atoms with Gasteiger partial charge in [-0.3, -0.25) is 9.89 Å². The summed E-state index contributed by atoms with van der Waals surface area (Å²) in [5.74, 6) is 1.63. The standard InChI is InChI=1S/C20H21N3O4/c1-4-27-14-7-5-13(6-8-14)17-12-18(23-22-17)20(24)21-16-10-9-15(25-2)11-19(16)26-3/h5-12H,4H2,1-3H3,(H,21,24)(H,22,23). The number of hydrogen-bond donors (Lipinski definition) is 2. The first-order valence-corrected chi connectivity index (χ1v) is 8.46. The van der Waals surface area contributed by atoms with Crippen molar-refractivity contribution in [2.24, 2.45) is 0 Å². The number of benzene rings is 2. The summed E-state index contributed by atoms with van der Waals surface area (Å²) in [7, 11) is 3.10. The number of methoxy groups -OCH3 is 2. The first-order chi connectivity index (χ1) is 13.1. The van der Waals surface area contributed by atoms with Gasteiger partial charge in [0.1, 0.15) is 22.9 Å². The van der Waals surface area contributed by atoms with Gasteiger partial charge >= 0.3 is 0 Å². The van der Waals surface area contributed by atoms with Crippen molar-refractivity contribution in [2.75, 3.05) is 26.1 Å². The predicted molar refractivity (Wildman–Crippen MR) is 103 cm³/mol. The molecule has 0 saturated heterocycles. The van der Waals surface area contributed by atoms with Crippen LogP contribution in [0.3, 0.4) is 0 Å². The van der Waals surface area contributed by atoms with Crippen LogP contribution in [0.2, 0.25) is 0 Å². The zero-order valence-corrected chi connectivity index (χ0v) is 15.4. The van der Waals surface area contributed by atoms with Gasteiger partial charge in [-0.1, -0.05) is 0 Å². The molecule has 1 heterocycles. The number of aromatic amines is 1. The predicted octanol–water partition coefficient (Wildman–Crippen LogP) is 3.74. The average molecular weight is 367 g/mol. The molecule has 140 valence electrons. The van der Waals surface area contributed by atoms with Crippen LogP contribution in [0.4, 0.5) is 5.69 Å². The molecule has 1 amide bonds. The first-order valence-electron chi connectivity index (χ1n) is 8.46. The molecule has 0 spiro atoms. The Labute approximate surface area is 157 Å². The Bertz CT molecular complexity index is 919. The first kappa shape index (κ1) is 18.3. The summed E-state index contributed by atoms with van der Waals surface area (Å²) in [4.78, 5) is 12.5. The van der Waals surface area contributed by atoms with Gasteiger partial charge in [0.25, 0.3) is 5.91 Å². The molecule has 3 rings (SSSR count). The van der Waals surface area contributed by atoms with Crippen LogP contribution >= 0.6 is 0 Å². The Morgan fingerprint density at radius 3 is 2.44 bits per heavy atom. The topological polar surface area (TPSA) is 85.5 Å². The molecule has 0 aliphatic heterocycles. The van der Waals surface area contributed by atoms with E-state index in [0.29, 0.717) is 35.2 Å². The molecular formula is C20H21N3O4. The molecule has 7 heteroatoms. The van der Waals surface area contributed by atoms with Crippen LogP contribution in [0.1, 0.15) is 17.4 Å². The van der Waals surface area contributed by atoms with Gasteiger partial charge in [-0.15, -0.1) is 0 Å². The van der Waals surface area contributed by atoms with E-state index in [9.17, 15) is 4.79 Å². The highest BCUT2D eigenvalue weighted by Gasteiger charge is 2.14. The number of nitrogens with zero attached hydrogens (tertiary/aromatic N) is 1. The van der Waals surface area contributed by atoms with Crippen LogP contribution in [0.15, 0.2) is 48.5 Å². The molecule has 1 aromatic heterocycles. The normalized spacial score (nSPS) is 10.3. The SMILES string of the molecule is CCOc1ccc(-c2cc(C(=O)Nc3ccc(OC)cc3OC)[nH]n2)cc1. The molecule has 2 N–H and O–H groups in total. The van der Waals surface area contributed by atoms with E-state index in [1.807, 2.05) is 31.2 Å². The molecule has 27 heavy (non-hydrogen) atoms. The number of carbonyl (C=O) groups is 1. The van der Waals surface area contributed by atoms with Gasteiger partial charge in [-0.2, -0.15) is 5.10 Å². The third-order valence-corrected chi connectivity index (χ3v) is 3.94. The highest BCUT2D eigenvalue weighted by atomic mass is 16.5. The Balaban J connectivity index is 1.75. The minimum Gasteiger partial charge on any atom is -0.497 e. The van der Waals surface area contributed by atoms with Crippen molar-refractivity contribution in [2.45, 2.75) is 6.92 Å². The molecule has 3 aromatic rings. The van der Waals surface area contributed by atoms with Crippen molar-refractivity contribution in [3.05, 3.63) is 54.2 Å². The molecule has 0 fully saturated rings. The fourth-order valence-corrected chi connectivity index (χ4v) is 2.57. The molecule has 0 atom stereocenters. The van der Waals surface area contributed by atoms with Gasteiger partial charge in [0, 0.05) is 11.6 Å². The Morgan fingerprint density at radius 1 is 1.04 bits per heavy atom. The minimum absolute atomic E-state index is 0.317. The summed E-state index contributed by atoms with van der Waals surface area (Å²) in [5.41, 5.74) is 2.44. The highest BCUT2D eigenvalue weighted by Crippen LogP contribution is 2.29. The molecule has 0 bridgehead atoms. The summed E-state index contributed by atoms with van der Waals surface area (Å²) in [6, 6.07) is 14.4. The number of anilines is 1. The van der Waals surface area contributed by atoms with E-state index in [-0.39, 0.29) is 5.91 Å². The Morgan fingerprint density at radius 2 is 1.78 bits per heavy atom. The van der Waals surface area contributed by atoms with Crippen molar-refractivity contribution < 1.29 is 19.0 Å². The second-order valence-corrected chi connectivity index (χ2v) is 5.64. The number of hydrogen-bond acceptors (Lipinski definition) is 5. The molecule has 7 nitrogen and oxygen atoms in total. The number of ether oxygens (including phenoxy) is 3. The second-order valence-electron chi connectivity index (χ2n) is 5.64. The van der Waals surface area contributed by atoms with E-state index in [1.165, 1.54) is 7.11 Å². The van der Waals surface area contributed by atoms with E-state index in [1.54, 1.807) is 31.4 Å². The zero-order chi connectivity index (χ0) is 19.2. The molecule has 2 aromatic carbocycles. The van der Waals surface area contributed by atoms with Gasteiger partial charge in [0.2, 0.25) is 0 Å². The maximum absolute atomic E-state index is 12.5. The number of rotatable bonds is 7. The van der Waals surface area contributed by atoms with Crippen LogP contribution in [0.25, 0.3) is 11.3 Å². The van der Waals surface area contributed by atoms with Crippen molar-refractivity contribution in [1.29, 1.82) is 0 Å². The van der Waals surface area contributed by atoms with E-state index in [4.69, 9.17) is 14.2 Å². The Kier molecular flexibility index (Phi) is 5.61.